The molecule has 0 aliphatic rings. The molecule has 0 saturated heterocycles. The van der Waals surface area contributed by atoms with Crippen LogP contribution in [0.25, 0.3) is 34.0 Å². The first-order chi connectivity index (χ1) is 15.1. The average molecular weight is 412 g/mol. The lowest BCUT2D eigenvalue weighted by Crippen LogP contribution is -2.18. The summed E-state index contributed by atoms with van der Waals surface area (Å²) in [5.74, 6) is 1.08. The zero-order valence-electron chi connectivity index (χ0n) is 17.1. The number of aromatic nitrogens is 3. The zero-order chi connectivity index (χ0) is 21.4. The van der Waals surface area contributed by atoms with Crippen molar-refractivity contribution < 1.29 is 13.6 Å². The molecule has 3 heterocycles. The molecule has 154 valence electrons. The molecule has 0 atom stereocenters. The Hall–Kier alpha value is -4.13. The van der Waals surface area contributed by atoms with E-state index in [1.165, 1.54) is 0 Å². The molecule has 7 heteroatoms. The van der Waals surface area contributed by atoms with Crippen molar-refractivity contribution in [2.24, 2.45) is 0 Å². The molecule has 0 radical (unpaired) electrons. The number of aryl methyl sites for hydroxylation is 2. The second-order valence-corrected chi connectivity index (χ2v) is 7.50. The van der Waals surface area contributed by atoms with E-state index >= 15 is 0 Å². The van der Waals surface area contributed by atoms with Crippen LogP contribution in [0.2, 0.25) is 0 Å². The number of anilines is 1. The maximum absolute atomic E-state index is 12.8. The minimum atomic E-state index is -0.112. The average Bonchev–Trinajstić information content (AvgIpc) is 3.47. The van der Waals surface area contributed by atoms with Gasteiger partial charge in [0.2, 0.25) is 11.8 Å². The Morgan fingerprint density at radius 1 is 1.00 bits per heavy atom. The van der Waals surface area contributed by atoms with Gasteiger partial charge in [0.15, 0.2) is 5.76 Å². The Bertz CT molecular complexity index is 1360. The van der Waals surface area contributed by atoms with E-state index in [9.17, 15) is 4.79 Å². The maximum atomic E-state index is 12.8. The molecule has 5 aromatic rings. The third-order valence-electron chi connectivity index (χ3n) is 5.00. The van der Waals surface area contributed by atoms with Gasteiger partial charge in [-0.2, -0.15) is 0 Å². The van der Waals surface area contributed by atoms with E-state index in [4.69, 9.17) is 8.83 Å². The molecular formula is C24H20N4O3. The van der Waals surface area contributed by atoms with Gasteiger partial charge in [-0.25, -0.2) is 0 Å². The molecule has 2 aromatic carbocycles. The van der Waals surface area contributed by atoms with E-state index < -0.39 is 0 Å². The molecule has 0 bridgehead atoms. The third kappa shape index (κ3) is 3.73. The first-order valence-corrected chi connectivity index (χ1v) is 9.90. The summed E-state index contributed by atoms with van der Waals surface area (Å²) in [5, 5.41) is 12.2. The lowest BCUT2D eigenvalue weighted by Gasteiger charge is -2.09. The standard InChI is InChI=1S/C24H20N4O3/c1-15-10-16(2)12-17(11-15)25-22(29)14-28-13-19(18-6-3-4-7-20(18)28)23-26-27-24(31-23)21-8-5-9-30-21/h3-13H,14H2,1-2H3,(H,25,29). The van der Waals surface area contributed by atoms with Gasteiger partial charge >= 0.3 is 0 Å². The van der Waals surface area contributed by atoms with Crippen LogP contribution in [0.4, 0.5) is 5.69 Å². The Balaban J connectivity index is 1.46. The quantitative estimate of drug-likeness (QED) is 0.428. The van der Waals surface area contributed by atoms with Crippen molar-refractivity contribution >= 4 is 22.5 Å². The molecule has 0 unspecified atom stereocenters. The maximum Gasteiger partial charge on any atom is 0.283 e. The highest BCUT2D eigenvalue weighted by Crippen LogP contribution is 2.31. The Labute approximate surface area is 178 Å². The SMILES string of the molecule is Cc1cc(C)cc(NC(=O)Cn2cc(-c3nnc(-c4ccco4)o3)c3ccccc32)c1. The fourth-order valence-corrected chi connectivity index (χ4v) is 3.78. The highest BCUT2D eigenvalue weighted by atomic mass is 16.4. The van der Waals surface area contributed by atoms with Crippen molar-refractivity contribution in [1.82, 2.24) is 14.8 Å². The monoisotopic (exact) mass is 412 g/mol. The third-order valence-corrected chi connectivity index (χ3v) is 5.00. The van der Waals surface area contributed by atoms with Crippen LogP contribution in [-0.4, -0.2) is 20.7 Å². The molecule has 1 amide bonds. The van der Waals surface area contributed by atoms with Crippen molar-refractivity contribution in [2.45, 2.75) is 20.4 Å². The summed E-state index contributed by atoms with van der Waals surface area (Å²) < 4.78 is 13.1. The smallest absolute Gasteiger partial charge is 0.283 e. The van der Waals surface area contributed by atoms with Crippen LogP contribution < -0.4 is 5.32 Å². The molecular weight excluding hydrogens is 392 g/mol. The van der Waals surface area contributed by atoms with E-state index in [0.717, 1.165) is 33.3 Å². The number of benzene rings is 2. The van der Waals surface area contributed by atoms with E-state index in [0.29, 0.717) is 17.5 Å². The first-order valence-electron chi connectivity index (χ1n) is 9.90. The van der Waals surface area contributed by atoms with Crippen molar-refractivity contribution in [2.75, 3.05) is 5.32 Å². The lowest BCUT2D eigenvalue weighted by molar-refractivity contribution is -0.116. The molecule has 5 rings (SSSR count). The summed E-state index contributed by atoms with van der Waals surface area (Å²) in [6, 6.07) is 17.3. The van der Waals surface area contributed by atoms with E-state index in [2.05, 4.69) is 21.6 Å². The molecule has 31 heavy (non-hydrogen) atoms. The summed E-state index contributed by atoms with van der Waals surface area (Å²) in [4.78, 5) is 12.8. The number of furan rings is 1. The minimum Gasteiger partial charge on any atom is -0.459 e. The fourth-order valence-electron chi connectivity index (χ4n) is 3.78. The summed E-state index contributed by atoms with van der Waals surface area (Å²) in [6.45, 7) is 4.18. The van der Waals surface area contributed by atoms with Crippen molar-refractivity contribution in [3.05, 3.63) is 78.2 Å². The molecule has 0 spiro atoms. The van der Waals surface area contributed by atoms with Gasteiger partial charge in [0.05, 0.1) is 11.8 Å². The highest BCUT2D eigenvalue weighted by Gasteiger charge is 2.18. The molecule has 0 saturated carbocycles. The highest BCUT2D eigenvalue weighted by molar-refractivity contribution is 5.96. The van der Waals surface area contributed by atoms with E-state index in [1.807, 2.05) is 61.0 Å². The van der Waals surface area contributed by atoms with Gasteiger partial charge in [-0.1, -0.05) is 24.3 Å². The normalized spacial score (nSPS) is 11.2. The van der Waals surface area contributed by atoms with Crippen LogP contribution >= 0.6 is 0 Å². The number of carbonyl (C=O) groups is 1. The topological polar surface area (TPSA) is 86.1 Å². The number of amides is 1. The van der Waals surface area contributed by atoms with Gasteiger partial charge in [0, 0.05) is 22.8 Å². The number of hydrogen-bond donors (Lipinski definition) is 1. The van der Waals surface area contributed by atoms with Crippen LogP contribution in [-0.2, 0) is 11.3 Å². The molecule has 7 nitrogen and oxygen atoms in total. The zero-order valence-corrected chi connectivity index (χ0v) is 17.1. The van der Waals surface area contributed by atoms with Gasteiger partial charge in [-0.3, -0.25) is 4.79 Å². The number of rotatable bonds is 5. The summed E-state index contributed by atoms with van der Waals surface area (Å²) in [5.41, 5.74) is 4.67. The van der Waals surface area contributed by atoms with E-state index in [1.54, 1.807) is 18.4 Å². The summed E-state index contributed by atoms with van der Waals surface area (Å²) in [6.07, 6.45) is 3.42. The van der Waals surface area contributed by atoms with Crippen LogP contribution in [0, 0.1) is 13.8 Å². The molecule has 1 N–H and O–H groups in total. The van der Waals surface area contributed by atoms with E-state index in [-0.39, 0.29) is 12.5 Å². The summed E-state index contributed by atoms with van der Waals surface area (Å²) in [7, 11) is 0. The first kappa shape index (κ1) is 18.9. The van der Waals surface area contributed by atoms with Crippen LogP contribution in [0.15, 0.2) is 75.9 Å². The molecule has 0 aliphatic heterocycles. The van der Waals surface area contributed by atoms with Crippen LogP contribution in [0.5, 0.6) is 0 Å². The number of nitrogens with one attached hydrogen (secondary N) is 1. The van der Waals surface area contributed by atoms with Gasteiger partial charge in [0.25, 0.3) is 5.89 Å². The number of para-hydroxylation sites is 1. The van der Waals surface area contributed by atoms with Gasteiger partial charge in [0.1, 0.15) is 6.54 Å². The predicted molar refractivity (Wildman–Crippen MR) is 117 cm³/mol. The van der Waals surface area contributed by atoms with Gasteiger partial charge < -0.3 is 18.7 Å². The predicted octanol–water partition coefficient (Wildman–Crippen LogP) is 5.21. The molecule has 3 aromatic heterocycles. The second kappa shape index (κ2) is 7.60. The number of fused-ring (bicyclic) bond motifs is 1. The van der Waals surface area contributed by atoms with Crippen molar-refractivity contribution in [3.63, 3.8) is 0 Å². The van der Waals surface area contributed by atoms with Crippen LogP contribution in [0.3, 0.4) is 0 Å². The second-order valence-electron chi connectivity index (χ2n) is 7.50. The Morgan fingerprint density at radius 3 is 2.55 bits per heavy atom. The molecule has 0 aliphatic carbocycles. The fraction of sp³-hybridized carbons (Fsp3) is 0.125. The number of nitrogens with zero attached hydrogens (tertiary/aromatic N) is 3. The van der Waals surface area contributed by atoms with Crippen LogP contribution in [0.1, 0.15) is 11.1 Å². The Kier molecular flexibility index (Phi) is 4.63. The van der Waals surface area contributed by atoms with Gasteiger partial charge in [-0.15, -0.1) is 10.2 Å². The Morgan fingerprint density at radius 2 is 1.77 bits per heavy atom. The van der Waals surface area contributed by atoms with Crippen molar-refractivity contribution in [3.8, 4) is 23.1 Å². The summed E-state index contributed by atoms with van der Waals surface area (Å²) >= 11 is 0. The number of hydrogen-bond acceptors (Lipinski definition) is 5. The largest absolute Gasteiger partial charge is 0.459 e. The van der Waals surface area contributed by atoms with Gasteiger partial charge in [-0.05, 0) is 55.3 Å². The lowest BCUT2D eigenvalue weighted by atomic mass is 10.1. The number of carbonyl (C=O) groups excluding carboxylic acids is 1. The minimum absolute atomic E-state index is 0.112. The molecule has 0 fully saturated rings. The van der Waals surface area contributed by atoms with Crippen molar-refractivity contribution in [1.29, 1.82) is 0 Å².